The Kier molecular flexibility index (Phi) is 8.55. The topological polar surface area (TPSA) is 35.9 Å². The van der Waals surface area contributed by atoms with E-state index < -0.39 is 0 Å². The molecule has 194 valence electrons. The Morgan fingerprint density at radius 1 is 0.973 bits per heavy atom. The van der Waals surface area contributed by atoms with Crippen LogP contribution in [0.25, 0.3) is 20.5 Å². The Morgan fingerprint density at radius 3 is 2.46 bits per heavy atom. The average Bonchev–Trinajstić information content (AvgIpc) is 3.56. The Hall–Kier alpha value is -2.73. The molecule has 2 heterocycles. The number of nitrogens with zero attached hydrogens (tertiary/aromatic N) is 2. The second kappa shape index (κ2) is 12.2. The normalized spacial score (nSPS) is 13.9. The van der Waals surface area contributed by atoms with Crippen LogP contribution in [-0.4, -0.2) is 42.8 Å². The van der Waals surface area contributed by atoms with Crippen LogP contribution < -0.4 is 9.64 Å². The number of thiophene rings is 1. The van der Waals surface area contributed by atoms with E-state index in [0.717, 1.165) is 71.1 Å². The molecule has 1 aliphatic heterocycles. The Balaban J connectivity index is 1.43. The van der Waals surface area contributed by atoms with Crippen molar-refractivity contribution in [2.75, 3.05) is 37.7 Å². The van der Waals surface area contributed by atoms with Gasteiger partial charge in [-0.3, -0.25) is 0 Å². The van der Waals surface area contributed by atoms with Gasteiger partial charge in [-0.2, -0.15) is 0 Å². The van der Waals surface area contributed by atoms with Crippen LogP contribution in [0.4, 0.5) is 11.4 Å². The van der Waals surface area contributed by atoms with Gasteiger partial charge in [-0.25, -0.2) is 0 Å². The molecule has 5 rings (SSSR count). The summed E-state index contributed by atoms with van der Waals surface area (Å²) in [5.41, 5.74) is 3.44. The maximum Gasteiger partial charge on any atom is 0.119 e. The molecule has 0 amide bonds. The zero-order valence-electron chi connectivity index (χ0n) is 21.5. The smallest absolute Gasteiger partial charge is 0.119 e. The average molecular weight is 535 g/mol. The minimum Gasteiger partial charge on any atom is -0.508 e. The fourth-order valence-electron chi connectivity index (χ4n) is 5.03. The molecule has 6 heteroatoms. The van der Waals surface area contributed by atoms with Crippen molar-refractivity contribution in [3.05, 3.63) is 71.8 Å². The highest BCUT2D eigenvalue weighted by molar-refractivity contribution is 7.23. The number of unbranched alkanes of at least 4 members (excludes halogenated alkanes) is 1. The molecule has 1 fully saturated rings. The zero-order valence-corrected chi connectivity index (χ0v) is 23.0. The molecule has 0 aliphatic carbocycles. The summed E-state index contributed by atoms with van der Waals surface area (Å²) >= 11 is 7.91. The van der Waals surface area contributed by atoms with Gasteiger partial charge in [0.05, 0.1) is 17.2 Å². The van der Waals surface area contributed by atoms with Crippen LogP contribution in [0.2, 0.25) is 5.02 Å². The number of ether oxygens (including phenoxy) is 1. The molecule has 4 aromatic rings. The predicted molar refractivity (Wildman–Crippen MR) is 158 cm³/mol. The molecule has 0 radical (unpaired) electrons. The van der Waals surface area contributed by atoms with Crippen LogP contribution in [0.5, 0.6) is 11.5 Å². The number of aromatic hydroxyl groups is 1. The first-order valence-electron chi connectivity index (χ1n) is 13.4. The van der Waals surface area contributed by atoms with Crippen molar-refractivity contribution >= 4 is 44.4 Å². The summed E-state index contributed by atoms with van der Waals surface area (Å²) in [4.78, 5) is 6.12. The van der Waals surface area contributed by atoms with Gasteiger partial charge in [0, 0.05) is 33.9 Å². The van der Waals surface area contributed by atoms with Crippen LogP contribution in [0.3, 0.4) is 0 Å². The molecule has 0 bridgehead atoms. The minimum atomic E-state index is 0.286. The molecule has 1 aliphatic rings. The number of phenolic OH excluding ortho intramolecular Hbond substituents is 1. The Morgan fingerprint density at radius 2 is 1.73 bits per heavy atom. The van der Waals surface area contributed by atoms with Crippen molar-refractivity contribution in [1.29, 1.82) is 0 Å². The summed E-state index contributed by atoms with van der Waals surface area (Å²) in [7, 11) is 0. The first kappa shape index (κ1) is 25.9. The van der Waals surface area contributed by atoms with E-state index >= 15 is 0 Å². The van der Waals surface area contributed by atoms with Crippen LogP contribution in [-0.2, 0) is 0 Å². The maximum absolute atomic E-state index is 10.2. The number of anilines is 2. The van der Waals surface area contributed by atoms with Gasteiger partial charge in [0.1, 0.15) is 11.5 Å². The monoisotopic (exact) mass is 534 g/mol. The van der Waals surface area contributed by atoms with E-state index in [2.05, 4.69) is 53.1 Å². The predicted octanol–water partition coefficient (Wildman–Crippen LogP) is 8.73. The van der Waals surface area contributed by atoms with Crippen LogP contribution in [0.1, 0.15) is 39.0 Å². The molecular weight excluding hydrogens is 500 g/mol. The molecule has 0 saturated carbocycles. The van der Waals surface area contributed by atoms with Crippen molar-refractivity contribution in [2.45, 2.75) is 39.0 Å². The lowest BCUT2D eigenvalue weighted by atomic mass is 10.1. The van der Waals surface area contributed by atoms with Crippen molar-refractivity contribution < 1.29 is 9.84 Å². The number of hydrogen-bond donors (Lipinski definition) is 1. The van der Waals surface area contributed by atoms with Gasteiger partial charge in [-0.05, 0) is 98.9 Å². The fourth-order valence-corrected chi connectivity index (χ4v) is 6.40. The van der Waals surface area contributed by atoms with E-state index in [1.54, 1.807) is 17.4 Å². The number of halogens is 1. The summed E-state index contributed by atoms with van der Waals surface area (Å²) in [5.74, 6) is 1.20. The van der Waals surface area contributed by atoms with E-state index in [4.69, 9.17) is 16.3 Å². The molecular formula is C31H35ClN2O2S. The third-order valence-corrected chi connectivity index (χ3v) is 8.44. The van der Waals surface area contributed by atoms with E-state index in [-0.39, 0.29) is 5.75 Å². The van der Waals surface area contributed by atoms with Gasteiger partial charge in [0.2, 0.25) is 0 Å². The Bertz CT molecular complexity index is 1300. The number of benzene rings is 3. The summed E-state index contributed by atoms with van der Waals surface area (Å²) < 4.78 is 7.15. The summed E-state index contributed by atoms with van der Waals surface area (Å²) in [5, 5.41) is 12.0. The lowest BCUT2D eigenvalue weighted by Crippen LogP contribution is -2.21. The largest absolute Gasteiger partial charge is 0.508 e. The van der Waals surface area contributed by atoms with Crippen LogP contribution >= 0.6 is 22.9 Å². The molecule has 4 nitrogen and oxygen atoms in total. The number of rotatable bonds is 11. The molecule has 1 aromatic heterocycles. The first-order valence-corrected chi connectivity index (χ1v) is 14.6. The molecule has 0 unspecified atom stereocenters. The minimum absolute atomic E-state index is 0.286. The van der Waals surface area contributed by atoms with Gasteiger partial charge in [-0.1, -0.05) is 37.1 Å². The molecule has 37 heavy (non-hydrogen) atoms. The highest BCUT2D eigenvalue weighted by atomic mass is 35.5. The second-order valence-corrected chi connectivity index (χ2v) is 11.2. The zero-order chi connectivity index (χ0) is 25.6. The van der Waals surface area contributed by atoms with E-state index in [1.807, 2.05) is 24.3 Å². The third-order valence-electron chi connectivity index (χ3n) is 6.99. The second-order valence-electron chi connectivity index (χ2n) is 9.72. The lowest BCUT2D eigenvalue weighted by molar-refractivity contribution is 0.263. The van der Waals surface area contributed by atoms with Gasteiger partial charge < -0.3 is 19.6 Å². The number of phenols is 1. The Labute approximate surface area is 229 Å². The van der Waals surface area contributed by atoms with Crippen molar-refractivity contribution in [2.24, 2.45) is 0 Å². The molecule has 1 N–H and O–H groups in total. The quantitative estimate of drug-likeness (QED) is 0.195. The van der Waals surface area contributed by atoms with E-state index in [0.29, 0.717) is 0 Å². The van der Waals surface area contributed by atoms with E-state index in [1.165, 1.54) is 36.5 Å². The molecule has 1 saturated heterocycles. The number of likely N-dealkylation sites (tertiary alicyclic amines) is 1. The van der Waals surface area contributed by atoms with Crippen molar-refractivity contribution in [3.8, 4) is 21.9 Å². The molecule has 0 atom stereocenters. The summed E-state index contributed by atoms with van der Waals surface area (Å²) in [6.45, 7) is 7.46. The lowest BCUT2D eigenvalue weighted by Gasteiger charge is -2.26. The maximum atomic E-state index is 10.2. The standard InChI is InChI=1S/C31H35ClN2O2S/c1-2-3-20-34(25-11-14-27(15-12-25)36-21-6-19-33-17-4-5-18-33)30-28-16-13-26(35)22-29(28)37-31(30)23-7-9-24(32)10-8-23/h7-16,22,35H,2-6,17-21H2,1H3. The first-order chi connectivity index (χ1) is 18.1. The summed E-state index contributed by atoms with van der Waals surface area (Å²) in [6.07, 6.45) is 5.90. The van der Waals surface area contributed by atoms with Crippen molar-refractivity contribution in [3.63, 3.8) is 0 Å². The highest BCUT2D eigenvalue weighted by Gasteiger charge is 2.21. The molecule has 0 spiro atoms. The SMILES string of the molecule is CCCCN(c1ccc(OCCCN2CCCC2)cc1)c1c(-c2ccc(Cl)cc2)sc2cc(O)ccc12. The van der Waals surface area contributed by atoms with E-state index in [9.17, 15) is 5.11 Å². The van der Waals surface area contributed by atoms with Gasteiger partial charge in [0.25, 0.3) is 0 Å². The fraction of sp³-hybridized carbons (Fsp3) is 0.355. The van der Waals surface area contributed by atoms with Gasteiger partial charge in [-0.15, -0.1) is 11.3 Å². The molecule has 3 aromatic carbocycles. The van der Waals surface area contributed by atoms with Gasteiger partial charge >= 0.3 is 0 Å². The highest BCUT2D eigenvalue weighted by Crippen LogP contribution is 2.48. The van der Waals surface area contributed by atoms with Crippen LogP contribution in [0.15, 0.2) is 66.7 Å². The number of hydrogen-bond acceptors (Lipinski definition) is 5. The number of fused-ring (bicyclic) bond motifs is 1. The van der Waals surface area contributed by atoms with Gasteiger partial charge in [0.15, 0.2) is 0 Å². The van der Waals surface area contributed by atoms with Crippen LogP contribution in [0, 0.1) is 0 Å². The van der Waals surface area contributed by atoms with Crippen molar-refractivity contribution in [1.82, 2.24) is 4.90 Å². The third kappa shape index (κ3) is 6.23. The summed E-state index contributed by atoms with van der Waals surface area (Å²) in [6, 6.07) is 22.2.